The van der Waals surface area contributed by atoms with Crippen molar-refractivity contribution in [2.45, 2.75) is 25.0 Å². The molecule has 27 heavy (non-hydrogen) atoms. The van der Waals surface area contributed by atoms with E-state index in [0.29, 0.717) is 32.3 Å². The predicted octanol–water partition coefficient (Wildman–Crippen LogP) is 1.93. The number of aliphatic imine (C=N–C) groups is 1. The number of likely N-dealkylation sites (N-methyl/N-ethyl adjacent to an activating group) is 1. The van der Waals surface area contributed by atoms with Gasteiger partial charge in [0.15, 0.2) is 5.96 Å². The second-order valence-electron chi connectivity index (χ2n) is 6.70. The molecular weight excluding hydrogens is 354 g/mol. The summed E-state index contributed by atoms with van der Waals surface area (Å²) in [6.45, 7) is 3.11. The van der Waals surface area contributed by atoms with Crippen molar-refractivity contribution >= 4 is 5.96 Å². The van der Waals surface area contributed by atoms with Crippen LogP contribution in [0.15, 0.2) is 23.2 Å². The third-order valence-corrected chi connectivity index (χ3v) is 4.50. The molecule has 8 heteroatoms. The lowest BCUT2D eigenvalue weighted by Crippen LogP contribution is -2.42. The lowest BCUT2D eigenvalue weighted by atomic mass is 10.0. The van der Waals surface area contributed by atoms with Crippen LogP contribution in [0.3, 0.4) is 0 Å². The molecule has 0 saturated carbocycles. The Morgan fingerprint density at radius 2 is 2.07 bits per heavy atom. The van der Waals surface area contributed by atoms with Gasteiger partial charge < -0.3 is 25.0 Å². The first kappa shape index (κ1) is 21.5. The number of hydrogen-bond donors (Lipinski definition) is 2. The highest BCUT2D eigenvalue weighted by molar-refractivity contribution is 5.79. The van der Waals surface area contributed by atoms with Crippen LogP contribution in [0.25, 0.3) is 0 Å². The van der Waals surface area contributed by atoms with Gasteiger partial charge in [-0.15, -0.1) is 0 Å². The molecule has 0 bridgehead atoms. The second kappa shape index (κ2) is 11.2. The number of ether oxygens (including phenoxy) is 2. The molecule has 6 nitrogen and oxygen atoms in total. The topological polar surface area (TPSA) is 58.1 Å². The largest absolute Gasteiger partial charge is 0.379 e. The second-order valence-corrected chi connectivity index (χ2v) is 6.70. The summed E-state index contributed by atoms with van der Waals surface area (Å²) in [4.78, 5) is 5.94. The first-order valence-corrected chi connectivity index (χ1v) is 9.27. The number of guanidine groups is 1. The molecule has 0 radical (unpaired) electrons. The van der Waals surface area contributed by atoms with Crippen molar-refractivity contribution in [2.24, 2.45) is 4.99 Å². The Morgan fingerprint density at radius 3 is 2.67 bits per heavy atom. The fraction of sp³-hybridized carbons (Fsp3) is 0.632. The Morgan fingerprint density at radius 1 is 1.33 bits per heavy atom. The zero-order chi connectivity index (χ0) is 19.6. The van der Waals surface area contributed by atoms with Gasteiger partial charge in [-0.1, -0.05) is 6.07 Å². The van der Waals surface area contributed by atoms with Crippen LogP contribution in [-0.2, 0) is 9.47 Å². The average molecular weight is 384 g/mol. The van der Waals surface area contributed by atoms with Crippen molar-refractivity contribution in [3.8, 4) is 0 Å². The van der Waals surface area contributed by atoms with Crippen molar-refractivity contribution in [2.75, 3.05) is 54.1 Å². The summed E-state index contributed by atoms with van der Waals surface area (Å²) >= 11 is 0. The van der Waals surface area contributed by atoms with E-state index in [1.54, 1.807) is 26.0 Å². The molecule has 1 heterocycles. The van der Waals surface area contributed by atoms with Gasteiger partial charge in [-0.05, 0) is 39.1 Å². The smallest absolute Gasteiger partial charge is 0.191 e. The van der Waals surface area contributed by atoms with E-state index in [-0.39, 0.29) is 11.7 Å². The van der Waals surface area contributed by atoms with Crippen LogP contribution in [0.1, 0.15) is 24.4 Å². The number of benzene rings is 1. The maximum atomic E-state index is 14.1. The van der Waals surface area contributed by atoms with E-state index in [9.17, 15) is 8.78 Å². The minimum atomic E-state index is -0.550. The minimum Gasteiger partial charge on any atom is -0.379 e. The molecule has 2 N–H and O–H groups in total. The molecule has 152 valence electrons. The van der Waals surface area contributed by atoms with Gasteiger partial charge in [0.25, 0.3) is 0 Å². The van der Waals surface area contributed by atoms with E-state index in [2.05, 4.69) is 15.6 Å². The van der Waals surface area contributed by atoms with Crippen LogP contribution in [0.4, 0.5) is 8.78 Å². The standard InChI is InChI=1S/C19H30F2N4O2/c1-22-19(23-9-5-10-27-14-8-11-26-13-14)24-12-17(25(2)3)18-15(20)6-4-7-16(18)21/h4,6-7,14,17H,5,8-13H2,1-3H3,(H2,22,23,24). The summed E-state index contributed by atoms with van der Waals surface area (Å²) in [7, 11) is 5.24. The lowest BCUT2D eigenvalue weighted by molar-refractivity contribution is 0.0420. The zero-order valence-corrected chi connectivity index (χ0v) is 16.3. The molecule has 1 aliphatic rings. The Bertz CT molecular complexity index is 587. The molecule has 2 atom stereocenters. The number of rotatable bonds is 9. The van der Waals surface area contributed by atoms with Gasteiger partial charge in [0, 0.05) is 38.9 Å². The fourth-order valence-corrected chi connectivity index (χ4v) is 2.96. The predicted molar refractivity (Wildman–Crippen MR) is 102 cm³/mol. The van der Waals surface area contributed by atoms with Gasteiger partial charge in [0.05, 0.1) is 18.8 Å². The molecule has 1 aliphatic heterocycles. The molecule has 1 saturated heterocycles. The number of nitrogens with zero attached hydrogens (tertiary/aromatic N) is 2. The molecule has 2 unspecified atom stereocenters. The molecule has 1 fully saturated rings. The Kier molecular flexibility index (Phi) is 8.90. The molecule has 1 aromatic rings. The maximum absolute atomic E-state index is 14.1. The summed E-state index contributed by atoms with van der Waals surface area (Å²) in [5.41, 5.74) is 0.0534. The van der Waals surface area contributed by atoms with Gasteiger partial charge in [-0.3, -0.25) is 4.99 Å². The number of halogens is 2. The van der Waals surface area contributed by atoms with E-state index in [1.165, 1.54) is 18.2 Å². The van der Waals surface area contributed by atoms with Crippen molar-refractivity contribution in [3.63, 3.8) is 0 Å². The summed E-state index contributed by atoms with van der Waals surface area (Å²) in [6.07, 6.45) is 1.99. The van der Waals surface area contributed by atoms with E-state index >= 15 is 0 Å². The Balaban J connectivity index is 1.78. The SMILES string of the molecule is CN=C(NCCCOC1CCOC1)NCC(c1c(F)cccc1F)N(C)C. The van der Waals surface area contributed by atoms with Gasteiger partial charge in [0.2, 0.25) is 0 Å². The summed E-state index contributed by atoms with van der Waals surface area (Å²) in [5, 5.41) is 6.33. The van der Waals surface area contributed by atoms with Crippen molar-refractivity contribution in [1.82, 2.24) is 15.5 Å². The van der Waals surface area contributed by atoms with E-state index < -0.39 is 17.7 Å². The van der Waals surface area contributed by atoms with Gasteiger partial charge in [0.1, 0.15) is 11.6 Å². The van der Waals surface area contributed by atoms with E-state index in [0.717, 1.165) is 19.4 Å². The Hall–Kier alpha value is -1.77. The maximum Gasteiger partial charge on any atom is 0.191 e. The molecule has 0 amide bonds. The molecule has 2 rings (SSSR count). The van der Waals surface area contributed by atoms with Crippen molar-refractivity contribution in [1.29, 1.82) is 0 Å². The Labute approximate surface area is 159 Å². The lowest BCUT2D eigenvalue weighted by Gasteiger charge is -2.26. The third-order valence-electron chi connectivity index (χ3n) is 4.50. The highest BCUT2D eigenvalue weighted by Gasteiger charge is 2.22. The van der Waals surface area contributed by atoms with Gasteiger partial charge in [-0.2, -0.15) is 0 Å². The number of hydrogen-bond acceptors (Lipinski definition) is 4. The van der Waals surface area contributed by atoms with Crippen LogP contribution in [0, 0.1) is 11.6 Å². The first-order chi connectivity index (χ1) is 13.0. The summed E-state index contributed by atoms with van der Waals surface area (Å²) in [6, 6.07) is 3.46. The third kappa shape index (κ3) is 6.71. The molecular formula is C19H30F2N4O2. The van der Waals surface area contributed by atoms with Crippen LogP contribution in [-0.4, -0.2) is 71.0 Å². The van der Waals surface area contributed by atoms with Crippen molar-refractivity contribution < 1.29 is 18.3 Å². The molecule has 0 spiro atoms. The van der Waals surface area contributed by atoms with Gasteiger partial charge >= 0.3 is 0 Å². The summed E-state index contributed by atoms with van der Waals surface area (Å²) in [5.74, 6) is -0.513. The van der Waals surface area contributed by atoms with Crippen LogP contribution in [0.2, 0.25) is 0 Å². The highest BCUT2D eigenvalue weighted by atomic mass is 19.1. The van der Waals surface area contributed by atoms with E-state index in [1.807, 2.05) is 0 Å². The quantitative estimate of drug-likeness (QED) is 0.387. The van der Waals surface area contributed by atoms with Crippen molar-refractivity contribution in [3.05, 3.63) is 35.4 Å². The molecule has 1 aromatic carbocycles. The van der Waals surface area contributed by atoms with Gasteiger partial charge in [-0.25, -0.2) is 8.78 Å². The van der Waals surface area contributed by atoms with Crippen LogP contribution >= 0.6 is 0 Å². The monoisotopic (exact) mass is 384 g/mol. The molecule has 0 aliphatic carbocycles. The minimum absolute atomic E-state index is 0.0534. The average Bonchev–Trinajstić information content (AvgIpc) is 3.15. The number of nitrogens with one attached hydrogen (secondary N) is 2. The molecule has 0 aromatic heterocycles. The fourth-order valence-electron chi connectivity index (χ4n) is 2.96. The van der Waals surface area contributed by atoms with E-state index in [4.69, 9.17) is 9.47 Å². The normalized spacial score (nSPS) is 18.7. The summed E-state index contributed by atoms with van der Waals surface area (Å²) < 4.78 is 39.2. The first-order valence-electron chi connectivity index (χ1n) is 9.27. The van der Waals surface area contributed by atoms with Crippen LogP contribution < -0.4 is 10.6 Å². The highest BCUT2D eigenvalue weighted by Crippen LogP contribution is 2.23. The van der Waals surface area contributed by atoms with Crippen LogP contribution in [0.5, 0.6) is 0 Å². The zero-order valence-electron chi connectivity index (χ0n) is 16.3.